The van der Waals surface area contributed by atoms with E-state index >= 15 is 0 Å². The summed E-state index contributed by atoms with van der Waals surface area (Å²) in [6.07, 6.45) is 0. The first-order valence-electron chi connectivity index (χ1n) is 6.41. The van der Waals surface area contributed by atoms with Crippen molar-refractivity contribution in [2.75, 3.05) is 33.4 Å². The summed E-state index contributed by atoms with van der Waals surface area (Å²) in [7, 11) is 1.54. The summed E-state index contributed by atoms with van der Waals surface area (Å²) in [6.45, 7) is 0.408. The van der Waals surface area contributed by atoms with E-state index in [1.165, 1.54) is 7.11 Å². The van der Waals surface area contributed by atoms with Crippen molar-refractivity contribution in [3.63, 3.8) is 0 Å². The lowest BCUT2D eigenvalue weighted by Gasteiger charge is -2.07. The first-order chi connectivity index (χ1) is 10.2. The first kappa shape index (κ1) is 16.7. The van der Waals surface area contributed by atoms with Crippen molar-refractivity contribution in [1.29, 1.82) is 0 Å². The summed E-state index contributed by atoms with van der Waals surface area (Å²) in [5.74, 6) is 4.51. The van der Waals surface area contributed by atoms with Gasteiger partial charge in [-0.25, -0.2) is 0 Å². The summed E-state index contributed by atoms with van der Waals surface area (Å²) in [5, 5.41) is 13.8. The van der Waals surface area contributed by atoms with Gasteiger partial charge in [0.15, 0.2) is 0 Å². The fraction of sp³-hybridized carbons (Fsp3) is 0.333. The van der Waals surface area contributed by atoms with Gasteiger partial charge in [-0.2, -0.15) is 0 Å². The van der Waals surface area contributed by atoms with Crippen LogP contribution >= 0.6 is 0 Å². The second-order valence-electron chi connectivity index (χ2n) is 4.03. The van der Waals surface area contributed by atoms with Gasteiger partial charge in [-0.1, -0.05) is 24.0 Å². The van der Waals surface area contributed by atoms with E-state index in [4.69, 9.17) is 9.84 Å². The zero-order chi connectivity index (χ0) is 15.5. The van der Waals surface area contributed by atoms with Crippen LogP contribution in [0.1, 0.15) is 15.9 Å². The van der Waals surface area contributed by atoms with Crippen molar-refractivity contribution >= 4 is 11.8 Å². The number of ether oxygens (including phenoxy) is 1. The minimum absolute atomic E-state index is 0.121. The number of hydrogen-bond donors (Lipinski definition) is 3. The second-order valence-corrected chi connectivity index (χ2v) is 4.03. The Balaban J connectivity index is 2.58. The molecule has 0 aliphatic rings. The number of methoxy groups -OCH3 is 1. The third-order valence-electron chi connectivity index (χ3n) is 2.51. The number of benzene rings is 1. The number of rotatable bonds is 6. The van der Waals surface area contributed by atoms with Gasteiger partial charge in [0, 0.05) is 19.2 Å². The summed E-state index contributed by atoms with van der Waals surface area (Å²) in [5.41, 5.74) is 0.868. The number of nitrogens with one attached hydrogen (secondary N) is 2. The molecule has 1 rings (SSSR count). The molecule has 1 aromatic carbocycles. The zero-order valence-electron chi connectivity index (χ0n) is 11.8. The van der Waals surface area contributed by atoms with E-state index in [-0.39, 0.29) is 25.0 Å². The second kappa shape index (κ2) is 9.53. The summed E-state index contributed by atoms with van der Waals surface area (Å²) in [6, 6.07) is 6.74. The molecule has 0 saturated carbocycles. The van der Waals surface area contributed by atoms with E-state index in [1.807, 2.05) is 0 Å². The van der Waals surface area contributed by atoms with Crippen LogP contribution in [0, 0.1) is 11.8 Å². The van der Waals surface area contributed by atoms with E-state index in [2.05, 4.69) is 22.5 Å². The third-order valence-corrected chi connectivity index (χ3v) is 2.51. The van der Waals surface area contributed by atoms with E-state index in [0.717, 1.165) is 0 Å². The number of aliphatic hydroxyl groups is 1. The van der Waals surface area contributed by atoms with Crippen LogP contribution in [0.25, 0.3) is 0 Å². The maximum absolute atomic E-state index is 12.0. The predicted molar refractivity (Wildman–Crippen MR) is 77.6 cm³/mol. The lowest BCUT2D eigenvalue weighted by molar-refractivity contribution is -0.120. The maximum Gasteiger partial charge on any atom is 0.252 e. The lowest BCUT2D eigenvalue weighted by Crippen LogP contribution is -2.38. The molecule has 1 aromatic rings. The SMILES string of the molecule is COCCNC(=O)CNC(=O)c1ccccc1C#CCO. The monoisotopic (exact) mass is 290 g/mol. The van der Waals surface area contributed by atoms with Crippen molar-refractivity contribution in [1.82, 2.24) is 10.6 Å². The molecular weight excluding hydrogens is 272 g/mol. The normalized spacial score (nSPS) is 9.43. The Bertz CT molecular complexity index is 546. The Morgan fingerprint density at radius 1 is 1.29 bits per heavy atom. The molecule has 0 spiro atoms. The van der Waals surface area contributed by atoms with Crippen LogP contribution in [0.3, 0.4) is 0 Å². The minimum Gasteiger partial charge on any atom is -0.384 e. The van der Waals surface area contributed by atoms with Gasteiger partial charge in [0.05, 0.1) is 18.7 Å². The molecule has 112 valence electrons. The highest BCUT2D eigenvalue weighted by atomic mass is 16.5. The van der Waals surface area contributed by atoms with Gasteiger partial charge in [-0.05, 0) is 12.1 Å². The molecule has 0 unspecified atom stereocenters. The molecule has 0 aliphatic heterocycles. The summed E-state index contributed by atoms with van der Waals surface area (Å²) < 4.78 is 4.80. The topological polar surface area (TPSA) is 87.7 Å². The van der Waals surface area contributed by atoms with Crippen molar-refractivity contribution in [3.05, 3.63) is 35.4 Å². The largest absolute Gasteiger partial charge is 0.384 e. The van der Waals surface area contributed by atoms with Crippen molar-refractivity contribution < 1.29 is 19.4 Å². The molecule has 0 aromatic heterocycles. The van der Waals surface area contributed by atoms with Crippen molar-refractivity contribution in [2.45, 2.75) is 0 Å². The van der Waals surface area contributed by atoms with Gasteiger partial charge in [-0.3, -0.25) is 9.59 Å². The van der Waals surface area contributed by atoms with Crippen LogP contribution in [0.5, 0.6) is 0 Å². The molecule has 0 fully saturated rings. The first-order valence-corrected chi connectivity index (χ1v) is 6.41. The van der Waals surface area contributed by atoms with Crippen LogP contribution in [-0.2, 0) is 9.53 Å². The van der Waals surface area contributed by atoms with Gasteiger partial charge in [0.2, 0.25) is 5.91 Å². The highest BCUT2D eigenvalue weighted by Gasteiger charge is 2.10. The smallest absolute Gasteiger partial charge is 0.252 e. The third kappa shape index (κ3) is 6.08. The van der Waals surface area contributed by atoms with Crippen LogP contribution in [-0.4, -0.2) is 50.3 Å². The van der Waals surface area contributed by atoms with Gasteiger partial charge < -0.3 is 20.5 Å². The number of hydrogen-bond acceptors (Lipinski definition) is 4. The number of carbonyl (C=O) groups is 2. The van der Waals surface area contributed by atoms with E-state index in [9.17, 15) is 9.59 Å². The Hall–Kier alpha value is -2.36. The van der Waals surface area contributed by atoms with E-state index < -0.39 is 0 Å². The highest BCUT2D eigenvalue weighted by Crippen LogP contribution is 2.06. The molecular formula is C15H18N2O4. The highest BCUT2D eigenvalue weighted by molar-refractivity contribution is 5.98. The Labute approximate surface area is 123 Å². The number of amides is 2. The zero-order valence-corrected chi connectivity index (χ0v) is 11.8. The molecule has 3 N–H and O–H groups in total. The van der Waals surface area contributed by atoms with E-state index in [1.54, 1.807) is 24.3 Å². The van der Waals surface area contributed by atoms with Crippen LogP contribution in [0.2, 0.25) is 0 Å². The average Bonchev–Trinajstić information content (AvgIpc) is 2.51. The molecule has 21 heavy (non-hydrogen) atoms. The molecule has 0 atom stereocenters. The number of carbonyl (C=O) groups excluding carboxylic acids is 2. The molecule has 0 aliphatic carbocycles. The van der Waals surface area contributed by atoms with Crippen molar-refractivity contribution in [3.8, 4) is 11.8 Å². The summed E-state index contributed by atoms with van der Waals surface area (Å²) in [4.78, 5) is 23.5. The minimum atomic E-state index is -0.389. The Morgan fingerprint density at radius 3 is 2.76 bits per heavy atom. The molecule has 0 bridgehead atoms. The van der Waals surface area contributed by atoms with Gasteiger partial charge in [0.25, 0.3) is 5.91 Å². The molecule has 6 nitrogen and oxygen atoms in total. The van der Waals surface area contributed by atoms with Gasteiger partial charge in [-0.15, -0.1) is 0 Å². The maximum atomic E-state index is 12.0. The average molecular weight is 290 g/mol. The van der Waals surface area contributed by atoms with E-state index in [0.29, 0.717) is 24.3 Å². The quantitative estimate of drug-likeness (QED) is 0.488. The molecule has 0 saturated heterocycles. The fourth-order valence-electron chi connectivity index (χ4n) is 1.54. The Morgan fingerprint density at radius 2 is 2.05 bits per heavy atom. The van der Waals surface area contributed by atoms with Crippen molar-refractivity contribution in [2.24, 2.45) is 0 Å². The Kier molecular flexibility index (Phi) is 7.58. The van der Waals surface area contributed by atoms with Crippen LogP contribution < -0.4 is 10.6 Å². The standard InChI is InChI=1S/C15H18N2O4/c1-21-10-8-16-14(19)11-17-15(20)13-7-3-2-5-12(13)6-4-9-18/h2-3,5,7,18H,8-11H2,1H3,(H,16,19)(H,17,20). The summed E-state index contributed by atoms with van der Waals surface area (Å²) >= 11 is 0. The molecule has 2 amide bonds. The molecule has 0 radical (unpaired) electrons. The number of aliphatic hydroxyl groups excluding tert-OH is 1. The molecule has 0 heterocycles. The van der Waals surface area contributed by atoms with Gasteiger partial charge >= 0.3 is 0 Å². The predicted octanol–water partition coefficient (Wildman–Crippen LogP) is -0.477. The molecule has 6 heteroatoms. The van der Waals surface area contributed by atoms with Crippen LogP contribution in [0.15, 0.2) is 24.3 Å². The van der Waals surface area contributed by atoms with Gasteiger partial charge in [0.1, 0.15) is 6.61 Å². The van der Waals surface area contributed by atoms with Crippen LogP contribution in [0.4, 0.5) is 0 Å². The lowest BCUT2D eigenvalue weighted by atomic mass is 10.1. The fourth-order valence-corrected chi connectivity index (χ4v) is 1.54.